The zero-order valence-corrected chi connectivity index (χ0v) is 11.7. The molecule has 1 saturated carbocycles. The molecule has 1 aromatic heterocycles. The van der Waals surface area contributed by atoms with Crippen molar-refractivity contribution in [3.05, 3.63) is 18.0 Å². The van der Waals surface area contributed by atoms with Crippen molar-refractivity contribution in [3.63, 3.8) is 0 Å². The van der Waals surface area contributed by atoms with E-state index in [9.17, 15) is 9.90 Å². The summed E-state index contributed by atoms with van der Waals surface area (Å²) in [6.07, 6.45) is 7.33. The Morgan fingerprint density at radius 3 is 2.84 bits per heavy atom. The van der Waals surface area contributed by atoms with Crippen molar-refractivity contribution in [2.45, 2.75) is 57.5 Å². The third-order valence-corrected chi connectivity index (χ3v) is 4.08. The number of hydrogen-bond acceptors (Lipinski definition) is 3. The van der Waals surface area contributed by atoms with Gasteiger partial charge in [0.2, 0.25) is 0 Å². The number of aliphatic hydroxyl groups is 1. The van der Waals surface area contributed by atoms with Crippen LogP contribution in [0.3, 0.4) is 0 Å². The van der Waals surface area contributed by atoms with Crippen LogP contribution in [0.2, 0.25) is 0 Å². The molecule has 0 spiro atoms. The molecule has 0 aromatic carbocycles. The van der Waals surface area contributed by atoms with Crippen LogP contribution in [0.25, 0.3) is 0 Å². The minimum Gasteiger partial charge on any atom is -0.394 e. The van der Waals surface area contributed by atoms with Crippen molar-refractivity contribution in [1.29, 1.82) is 0 Å². The summed E-state index contributed by atoms with van der Waals surface area (Å²) in [7, 11) is 0. The van der Waals surface area contributed by atoms with Gasteiger partial charge in [0.1, 0.15) is 5.69 Å². The monoisotopic (exact) mass is 265 g/mol. The Morgan fingerprint density at radius 2 is 2.26 bits per heavy atom. The maximum Gasteiger partial charge on any atom is 0.272 e. The molecular formula is C14H23N3O2. The van der Waals surface area contributed by atoms with Crippen molar-refractivity contribution >= 4 is 5.91 Å². The first-order valence-corrected chi connectivity index (χ1v) is 7.06. The molecule has 0 aliphatic heterocycles. The number of aromatic nitrogens is 2. The molecule has 2 N–H and O–H groups in total. The fourth-order valence-corrected chi connectivity index (χ4v) is 2.41. The molecule has 2 rings (SSSR count). The first-order chi connectivity index (χ1) is 9.08. The molecule has 1 aliphatic rings. The average Bonchev–Trinajstić information content (AvgIpc) is 3.08. The second kappa shape index (κ2) is 5.74. The van der Waals surface area contributed by atoms with E-state index < -0.39 is 5.54 Å². The Balaban J connectivity index is 2.03. The maximum atomic E-state index is 12.1. The maximum absolute atomic E-state index is 12.1. The van der Waals surface area contributed by atoms with Crippen LogP contribution < -0.4 is 5.32 Å². The zero-order valence-electron chi connectivity index (χ0n) is 11.7. The second-order valence-electron chi connectivity index (χ2n) is 5.65. The van der Waals surface area contributed by atoms with Crippen LogP contribution in [0.1, 0.15) is 62.5 Å². The van der Waals surface area contributed by atoms with Crippen LogP contribution in [0.15, 0.2) is 12.3 Å². The van der Waals surface area contributed by atoms with Gasteiger partial charge in [-0.1, -0.05) is 19.8 Å². The van der Waals surface area contributed by atoms with Gasteiger partial charge >= 0.3 is 0 Å². The predicted molar refractivity (Wildman–Crippen MR) is 73.0 cm³/mol. The normalized spacial score (nSPS) is 19.3. The SMILES string of the molecule is CC[C@@](C)(CO)NC(=O)c1ccn(C2CCCC2)n1. The molecule has 5 heteroatoms. The highest BCUT2D eigenvalue weighted by Crippen LogP contribution is 2.28. The standard InChI is InChI=1S/C14H23N3O2/c1-3-14(2,10-18)15-13(19)12-8-9-17(16-12)11-6-4-5-7-11/h8-9,11,18H,3-7,10H2,1-2H3,(H,15,19)/t14-/m0/s1. The van der Waals surface area contributed by atoms with E-state index in [-0.39, 0.29) is 12.5 Å². The van der Waals surface area contributed by atoms with Gasteiger partial charge in [-0.3, -0.25) is 9.48 Å². The minimum atomic E-state index is -0.575. The number of amides is 1. The highest BCUT2D eigenvalue weighted by Gasteiger charge is 2.25. The van der Waals surface area contributed by atoms with Crippen LogP contribution in [-0.2, 0) is 0 Å². The second-order valence-corrected chi connectivity index (χ2v) is 5.65. The molecule has 19 heavy (non-hydrogen) atoms. The number of nitrogens with zero attached hydrogens (tertiary/aromatic N) is 2. The largest absolute Gasteiger partial charge is 0.394 e. The lowest BCUT2D eigenvalue weighted by molar-refractivity contribution is 0.0841. The van der Waals surface area contributed by atoms with Gasteiger partial charge < -0.3 is 10.4 Å². The molecular weight excluding hydrogens is 242 g/mol. The summed E-state index contributed by atoms with van der Waals surface area (Å²) in [4.78, 5) is 12.1. The first kappa shape index (κ1) is 14.1. The van der Waals surface area contributed by atoms with Gasteiger partial charge in [0.25, 0.3) is 5.91 Å². The molecule has 1 fully saturated rings. The van der Waals surface area contributed by atoms with Gasteiger partial charge in [0.05, 0.1) is 18.2 Å². The fourth-order valence-electron chi connectivity index (χ4n) is 2.41. The predicted octanol–water partition coefficient (Wildman–Crippen LogP) is 1.89. The summed E-state index contributed by atoms with van der Waals surface area (Å²) in [5, 5.41) is 16.5. The lowest BCUT2D eigenvalue weighted by atomic mass is 10.0. The molecule has 1 aliphatic carbocycles. The highest BCUT2D eigenvalue weighted by molar-refractivity contribution is 5.92. The van der Waals surface area contributed by atoms with Crippen molar-refractivity contribution in [2.75, 3.05) is 6.61 Å². The molecule has 1 amide bonds. The van der Waals surface area contributed by atoms with Gasteiger partial charge in [0.15, 0.2) is 0 Å². The van der Waals surface area contributed by atoms with Crippen LogP contribution >= 0.6 is 0 Å². The van der Waals surface area contributed by atoms with E-state index in [0.717, 1.165) is 12.8 Å². The van der Waals surface area contributed by atoms with Crippen LogP contribution in [0.4, 0.5) is 0 Å². The zero-order chi connectivity index (χ0) is 13.9. The number of nitrogens with one attached hydrogen (secondary N) is 1. The van der Waals surface area contributed by atoms with E-state index >= 15 is 0 Å². The van der Waals surface area contributed by atoms with Crippen molar-refractivity contribution < 1.29 is 9.90 Å². The van der Waals surface area contributed by atoms with Gasteiger partial charge in [0, 0.05) is 6.20 Å². The Hall–Kier alpha value is -1.36. The van der Waals surface area contributed by atoms with Crippen molar-refractivity contribution in [1.82, 2.24) is 15.1 Å². The summed E-state index contributed by atoms with van der Waals surface area (Å²) in [5.41, 5.74) is -0.145. The number of carbonyl (C=O) groups is 1. The topological polar surface area (TPSA) is 67.2 Å². The molecule has 5 nitrogen and oxygen atoms in total. The number of hydrogen-bond donors (Lipinski definition) is 2. The van der Waals surface area contributed by atoms with Gasteiger partial charge in [-0.25, -0.2) is 0 Å². The number of aliphatic hydroxyl groups excluding tert-OH is 1. The minimum absolute atomic E-state index is 0.0709. The van der Waals surface area contributed by atoms with E-state index in [4.69, 9.17) is 0 Å². The number of carbonyl (C=O) groups excluding carboxylic acids is 1. The van der Waals surface area contributed by atoms with Gasteiger partial charge in [-0.05, 0) is 32.3 Å². The Labute approximate surface area is 114 Å². The fraction of sp³-hybridized carbons (Fsp3) is 0.714. The number of rotatable bonds is 5. The quantitative estimate of drug-likeness (QED) is 0.854. The molecule has 106 valence electrons. The molecule has 0 bridgehead atoms. The molecule has 0 unspecified atom stereocenters. The van der Waals surface area contributed by atoms with Crippen molar-refractivity contribution in [3.8, 4) is 0 Å². The van der Waals surface area contributed by atoms with E-state index in [1.54, 1.807) is 6.07 Å². The summed E-state index contributed by atoms with van der Waals surface area (Å²) in [6, 6.07) is 2.19. The summed E-state index contributed by atoms with van der Waals surface area (Å²) >= 11 is 0. The first-order valence-electron chi connectivity index (χ1n) is 7.06. The summed E-state index contributed by atoms with van der Waals surface area (Å²) < 4.78 is 1.91. The Morgan fingerprint density at radius 1 is 1.58 bits per heavy atom. The summed E-state index contributed by atoms with van der Waals surface area (Å²) in [6.45, 7) is 3.70. The Bertz CT molecular complexity index is 432. The van der Waals surface area contributed by atoms with E-state index in [2.05, 4.69) is 10.4 Å². The lowest BCUT2D eigenvalue weighted by Gasteiger charge is -2.26. The highest BCUT2D eigenvalue weighted by atomic mass is 16.3. The van der Waals surface area contributed by atoms with E-state index in [1.165, 1.54) is 12.8 Å². The molecule has 0 saturated heterocycles. The van der Waals surface area contributed by atoms with Crippen LogP contribution in [-0.4, -0.2) is 32.9 Å². The third kappa shape index (κ3) is 3.15. The van der Waals surface area contributed by atoms with Gasteiger partial charge in [-0.2, -0.15) is 5.10 Å². The molecule has 1 atom stereocenters. The third-order valence-electron chi connectivity index (χ3n) is 4.08. The molecule has 1 aromatic rings. The molecule has 1 heterocycles. The van der Waals surface area contributed by atoms with E-state index in [1.807, 2.05) is 24.7 Å². The van der Waals surface area contributed by atoms with Crippen LogP contribution in [0.5, 0.6) is 0 Å². The van der Waals surface area contributed by atoms with Crippen LogP contribution in [0, 0.1) is 0 Å². The lowest BCUT2D eigenvalue weighted by Crippen LogP contribution is -2.48. The van der Waals surface area contributed by atoms with Crippen molar-refractivity contribution in [2.24, 2.45) is 0 Å². The summed E-state index contributed by atoms with van der Waals surface area (Å²) in [5.74, 6) is -0.213. The molecule has 0 radical (unpaired) electrons. The Kier molecular flexibility index (Phi) is 4.24. The average molecular weight is 265 g/mol. The van der Waals surface area contributed by atoms with Gasteiger partial charge in [-0.15, -0.1) is 0 Å². The van der Waals surface area contributed by atoms with E-state index in [0.29, 0.717) is 18.2 Å². The smallest absolute Gasteiger partial charge is 0.272 e.